The van der Waals surface area contributed by atoms with Gasteiger partial charge in [-0.25, -0.2) is 10.4 Å². The summed E-state index contributed by atoms with van der Waals surface area (Å²) in [5.74, 6) is 0.657. The first-order valence-corrected chi connectivity index (χ1v) is 9.59. The normalized spacial score (nSPS) is 26.0. The molecule has 7 heteroatoms. The summed E-state index contributed by atoms with van der Waals surface area (Å²) < 4.78 is 0. The van der Waals surface area contributed by atoms with E-state index in [0.29, 0.717) is 12.5 Å². The van der Waals surface area contributed by atoms with Crippen molar-refractivity contribution in [3.05, 3.63) is 48.0 Å². The summed E-state index contributed by atoms with van der Waals surface area (Å²) >= 11 is 0. The zero-order valence-corrected chi connectivity index (χ0v) is 15.2. The number of piperazine rings is 1. The molecule has 5 rings (SSSR count). The van der Waals surface area contributed by atoms with E-state index < -0.39 is 0 Å². The zero-order valence-electron chi connectivity index (χ0n) is 15.2. The second-order valence-corrected chi connectivity index (χ2v) is 7.42. The molecule has 27 heavy (non-hydrogen) atoms. The Kier molecular flexibility index (Phi) is 4.27. The number of benzene rings is 2. The summed E-state index contributed by atoms with van der Waals surface area (Å²) in [5.41, 5.74) is 7.47. The van der Waals surface area contributed by atoms with Crippen LogP contribution in [0.3, 0.4) is 0 Å². The first-order chi connectivity index (χ1) is 13.3. The van der Waals surface area contributed by atoms with E-state index in [1.807, 2.05) is 0 Å². The van der Waals surface area contributed by atoms with E-state index in [-0.39, 0.29) is 18.0 Å². The number of carbonyl (C=O) groups is 1. The molecule has 3 heterocycles. The van der Waals surface area contributed by atoms with Crippen molar-refractivity contribution in [1.82, 2.24) is 26.0 Å². The van der Waals surface area contributed by atoms with Crippen LogP contribution in [0, 0.1) is 5.92 Å². The minimum absolute atomic E-state index is 0.0562. The minimum Gasteiger partial charge on any atom is -0.340 e. The van der Waals surface area contributed by atoms with Crippen molar-refractivity contribution in [2.75, 3.05) is 32.7 Å². The van der Waals surface area contributed by atoms with E-state index in [4.69, 9.17) is 0 Å². The number of nitrogens with one attached hydrogen (secondary N) is 3. The van der Waals surface area contributed by atoms with Gasteiger partial charge in [-0.15, -0.1) is 0 Å². The Morgan fingerprint density at radius 1 is 1.04 bits per heavy atom. The van der Waals surface area contributed by atoms with Crippen LogP contribution < -0.4 is 16.2 Å². The lowest BCUT2D eigenvalue weighted by Crippen LogP contribution is -2.57. The fraction of sp³-hybridized carbons (Fsp3) is 0.400. The van der Waals surface area contributed by atoms with Crippen molar-refractivity contribution in [2.45, 2.75) is 12.7 Å². The van der Waals surface area contributed by atoms with Gasteiger partial charge in [0.25, 0.3) is 0 Å². The van der Waals surface area contributed by atoms with Gasteiger partial charge in [0.15, 0.2) is 0 Å². The van der Waals surface area contributed by atoms with Crippen LogP contribution in [-0.4, -0.2) is 60.6 Å². The van der Waals surface area contributed by atoms with Crippen molar-refractivity contribution >= 4 is 22.6 Å². The molecule has 2 unspecified atom stereocenters. The van der Waals surface area contributed by atoms with E-state index >= 15 is 0 Å². The number of rotatable bonds is 2. The predicted octanol–water partition coefficient (Wildman–Crippen LogP) is 0.493. The number of amides is 1. The van der Waals surface area contributed by atoms with Crippen LogP contribution >= 0.6 is 0 Å². The summed E-state index contributed by atoms with van der Waals surface area (Å²) in [6.07, 6.45) is -0.150. The maximum absolute atomic E-state index is 12.2. The Bertz CT molecular complexity index is 884. The molecule has 2 fully saturated rings. The minimum atomic E-state index is -0.150. The quantitative estimate of drug-likeness (QED) is 0.724. The molecule has 2 aromatic rings. The fourth-order valence-corrected chi connectivity index (χ4v) is 4.16. The number of guanidine groups is 1. The van der Waals surface area contributed by atoms with Gasteiger partial charge in [-0.05, 0) is 16.3 Å². The van der Waals surface area contributed by atoms with Crippen LogP contribution in [0.2, 0.25) is 0 Å². The molecule has 140 valence electrons. The smallest absolute Gasteiger partial charge is 0.234 e. The molecule has 2 atom stereocenters. The van der Waals surface area contributed by atoms with Crippen molar-refractivity contribution in [1.29, 1.82) is 0 Å². The molecule has 0 saturated carbocycles. The number of carbonyl (C=O) groups excluding carboxylic acids is 1. The maximum atomic E-state index is 12.2. The molecule has 0 aliphatic carbocycles. The van der Waals surface area contributed by atoms with Crippen molar-refractivity contribution in [3.63, 3.8) is 0 Å². The van der Waals surface area contributed by atoms with E-state index in [1.165, 1.54) is 16.3 Å². The molecule has 1 amide bonds. The average molecular weight is 364 g/mol. The molecular weight excluding hydrogens is 340 g/mol. The molecule has 3 N–H and O–H groups in total. The Labute approximate surface area is 158 Å². The van der Waals surface area contributed by atoms with Crippen molar-refractivity contribution in [2.24, 2.45) is 10.9 Å². The Hall–Kier alpha value is -2.48. The summed E-state index contributed by atoms with van der Waals surface area (Å²) in [4.78, 5) is 21.6. The molecule has 7 nitrogen and oxygen atoms in total. The molecule has 2 aromatic carbocycles. The molecular formula is C20H24N6O. The third-order valence-corrected chi connectivity index (χ3v) is 5.73. The Balaban J connectivity index is 1.25. The summed E-state index contributed by atoms with van der Waals surface area (Å²) in [7, 11) is 0. The highest BCUT2D eigenvalue weighted by molar-refractivity contribution is 6.00. The van der Waals surface area contributed by atoms with E-state index in [9.17, 15) is 4.79 Å². The monoisotopic (exact) mass is 364 g/mol. The molecule has 0 aromatic heterocycles. The lowest BCUT2D eigenvalue weighted by molar-refractivity contribution is -0.124. The van der Waals surface area contributed by atoms with Gasteiger partial charge in [0.05, 0.1) is 5.92 Å². The van der Waals surface area contributed by atoms with Gasteiger partial charge in [0.1, 0.15) is 6.17 Å². The molecule has 3 aliphatic rings. The van der Waals surface area contributed by atoms with E-state index in [2.05, 4.69) is 73.4 Å². The highest BCUT2D eigenvalue weighted by atomic mass is 16.2. The standard InChI is InChI=1S/C20H24N6O/c27-19-17-12-21-24-18(17)22-20(23-19)26-10-8-25(9-11-26)13-15-6-3-5-14-4-1-2-7-16(14)15/h1-7,17-18,21,24H,8-13H2,(H,22,23,27). The van der Waals surface area contributed by atoms with E-state index in [0.717, 1.165) is 32.7 Å². The number of aliphatic imine (C=N–C) groups is 1. The van der Waals surface area contributed by atoms with Crippen LogP contribution in [-0.2, 0) is 11.3 Å². The van der Waals surface area contributed by atoms with Crippen LogP contribution in [0.1, 0.15) is 5.56 Å². The molecule has 3 aliphatic heterocycles. The van der Waals surface area contributed by atoms with Crippen LogP contribution in [0.15, 0.2) is 47.5 Å². The molecule has 2 saturated heterocycles. The van der Waals surface area contributed by atoms with Crippen LogP contribution in [0.4, 0.5) is 0 Å². The third kappa shape index (κ3) is 3.18. The topological polar surface area (TPSA) is 72.0 Å². The highest BCUT2D eigenvalue weighted by Gasteiger charge is 2.38. The Morgan fingerprint density at radius 3 is 2.74 bits per heavy atom. The molecule has 0 bridgehead atoms. The number of hydrazine groups is 1. The second-order valence-electron chi connectivity index (χ2n) is 7.42. The van der Waals surface area contributed by atoms with Crippen molar-refractivity contribution < 1.29 is 4.79 Å². The van der Waals surface area contributed by atoms with Gasteiger partial charge >= 0.3 is 0 Å². The lowest BCUT2D eigenvalue weighted by atomic mass is 10.0. The summed E-state index contributed by atoms with van der Waals surface area (Å²) in [5, 5.41) is 5.61. The fourth-order valence-electron chi connectivity index (χ4n) is 4.16. The van der Waals surface area contributed by atoms with Gasteiger partial charge in [-0.3, -0.25) is 20.4 Å². The van der Waals surface area contributed by atoms with Crippen LogP contribution in [0.25, 0.3) is 10.8 Å². The number of nitrogens with zero attached hydrogens (tertiary/aromatic N) is 3. The van der Waals surface area contributed by atoms with Crippen LogP contribution in [0.5, 0.6) is 0 Å². The van der Waals surface area contributed by atoms with Gasteiger partial charge in [-0.1, -0.05) is 42.5 Å². The summed E-state index contributed by atoms with van der Waals surface area (Å²) in [6.45, 7) is 5.23. The van der Waals surface area contributed by atoms with E-state index in [1.54, 1.807) is 0 Å². The second kappa shape index (κ2) is 6.92. The third-order valence-electron chi connectivity index (χ3n) is 5.73. The van der Waals surface area contributed by atoms with Gasteiger partial charge in [0, 0.05) is 39.3 Å². The first kappa shape index (κ1) is 16.7. The maximum Gasteiger partial charge on any atom is 0.234 e. The van der Waals surface area contributed by atoms with Gasteiger partial charge < -0.3 is 4.90 Å². The Morgan fingerprint density at radius 2 is 1.85 bits per heavy atom. The first-order valence-electron chi connectivity index (χ1n) is 9.59. The molecule has 0 radical (unpaired) electrons. The number of hydrogen-bond donors (Lipinski definition) is 3. The predicted molar refractivity (Wildman–Crippen MR) is 105 cm³/mol. The lowest BCUT2D eigenvalue weighted by Gasteiger charge is -2.38. The zero-order chi connectivity index (χ0) is 18.2. The summed E-state index contributed by atoms with van der Waals surface area (Å²) in [6, 6.07) is 15.1. The largest absolute Gasteiger partial charge is 0.340 e. The highest BCUT2D eigenvalue weighted by Crippen LogP contribution is 2.21. The van der Waals surface area contributed by atoms with Gasteiger partial charge in [0.2, 0.25) is 11.9 Å². The van der Waals surface area contributed by atoms with Crippen molar-refractivity contribution in [3.8, 4) is 0 Å². The number of fused-ring (bicyclic) bond motifs is 2. The average Bonchev–Trinajstić information content (AvgIpc) is 3.18. The van der Waals surface area contributed by atoms with Gasteiger partial charge in [-0.2, -0.15) is 0 Å². The number of hydrogen-bond acceptors (Lipinski definition) is 6. The SMILES string of the molecule is O=C1NC(N2CCN(Cc3cccc4ccccc34)CC2)=NC2NNCC12. The molecule has 0 spiro atoms.